The SMILES string of the molecule is C=C/C=C(\C=C/CO)OCN1C[C@H]2CCC[C@H]2C1. The lowest BCUT2D eigenvalue weighted by atomic mass is 10.0. The van der Waals surface area contributed by atoms with Gasteiger partial charge < -0.3 is 9.84 Å². The Morgan fingerprint density at radius 3 is 2.67 bits per heavy atom. The second-order valence-corrected chi connectivity index (χ2v) is 5.15. The van der Waals surface area contributed by atoms with Crippen LogP contribution in [-0.2, 0) is 4.74 Å². The average Bonchev–Trinajstić information content (AvgIpc) is 2.93. The molecular formula is C15H23NO2. The van der Waals surface area contributed by atoms with E-state index in [1.165, 1.54) is 32.4 Å². The van der Waals surface area contributed by atoms with Crippen molar-refractivity contribution < 1.29 is 9.84 Å². The molecule has 2 rings (SSSR count). The van der Waals surface area contributed by atoms with Crippen molar-refractivity contribution in [2.75, 3.05) is 26.4 Å². The van der Waals surface area contributed by atoms with Crippen molar-refractivity contribution >= 4 is 0 Å². The maximum absolute atomic E-state index is 8.77. The molecule has 2 atom stereocenters. The molecule has 1 saturated heterocycles. The highest BCUT2D eigenvalue weighted by atomic mass is 16.5. The van der Waals surface area contributed by atoms with E-state index in [4.69, 9.17) is 9.84 Å². The van der Waals surface area contributed by atoms with Crippen LogP contribution < -0.4 is 0 Å². The molecule has 0 bridgehead atoms. The van der Waals surface area contributed by atoms with Crippen LogP contribution in [-0.4, -0.2) is 36.4 Å². The molecule has 0 amide bonds. The van der Waals surface area contributed by atoms with E-state index in [1.54, 1.807) is 18.2 Å². The largest absolute Gasteiger partial charge is 0.478 e. The van der Waals surface area contributed by atoms with Gasteiger partial charge in [0.2, 0.25) is 0 Å². The second kappa shape index (κ2) is 6.76. The Morgan fingerprint density at radius 1 is 1.33 bits per heavy atom. The lowest BCUT2D eigenvalue weighted by molar-refractivity contribution is 0.0908. The molecule has 0 aromatic rings. The highest BCUT2D eigenvalue weighted by molar-refractivity contribution is 5.17. The van der Waals surface area contributed by atoms with E-state index in [1.807, 2.05) is 6.08 Å². The highest BCUT2D eigenvalue weighted by Gasteiger charge is 2.35. The van der Waals surface area contributed by atoms with Crippen LogP contribution in [0, 0.1) is 11.8 Å². The first kappa shape index (κ1) is 13.4. The summed E-state index contributed by atoms with van der Waals surface area (Å²) in [7, 11) is 0. The summed E-state index contributed by atoms with van der Waals surface area (Å²) in [5, 5.41) is 8.77. The average molecular weight is 249 g/mol. The van der Waals surface area contributed by atoms with Gasteiger partial charge in [-0.05, 0) is 36.8 Å². The van der Waals surface area contributed by atoms with Crippen molar-refractivity contribution in [2.24, 2.45) is 11.8 Å². The van der Waals surface area contributed by atoms with Gasteiger partial charge in [-0.3, -0.25) is 4.90 Å². The van der Waals surface area contributed by atoms with Gasteiger partial charge >= 0.3 is 0 Å². The Morgan fingerprint density at radius 2 is 2.06 bits per heavy atom. The molecule has 1 aliphatic carbocycles. The van der Waals surface area contributed by atoms with Crippen molar-refractivity contribution in [3.8, 4) is 0 Å². The fourth-order valence-corrected chi connectivity index (χ4v) is 3.04. The maximum Gasteiger partial charge on any atom is 0.142 e. The third-order valence-corrected chi connectivity index (χ3v) is 3.89. The van der Waals surface area contributed by atoms with Crippen LogP contribution >= 0.6 is 0 Å². The molecule has 100 valence electrons. The van der Waals surface area contributed by atoms with Crippen molar-refractivity contribution in [3.63, 3.8) is 0 Å². The number of fused-ring (bicyclic) bond motifs is 1. The normalized spacial score (nSPS) is 28.8. The Balaban J connectivity index is 1.78. The van der Waals surface area contributed by atoms with E-state index >= 15 is 0 Å². The number of aliphatic hydroxyl groups excluding tert-OH is 1. The van der Waals surface area contributed by atoms with Crippen LogP contribution in [0.25, 0.3) is 0 Å². The molecule has 3 nitrogen and oxygen atoms in total. The molecule has 0 radical (unpaired) electrons. The Kier molecular flexibility index (Phi) is 5.02. The minimum absolute atomic E-state index is 0.0334. The molecule has 1 heterocycles. The van der Waals surface area contributed by atoms with Crippen LogP contribution in [0.3, 0.4) is 0 Å². The molecule has 1 saturated carbocycles. The molecule has 3 heteroatoms. The smallest absolute Gasteiger partial charge is 0.142 e. The Labute approximate surface area is 109 Å². The predicted octanol–water partition coefficient (Wildman–Crippen LogP) is 2.31. The van der Waals surface area contributed by atoms with E-state index in [2.05, 4.69) is 11.5 Å². The molecule has 0 aromatic carbocycles. The number of nitrogens with zero attached hydrogens (tertiary/aromatic N) is 1. The van der Waals surface area contributed by atoms with Crippen LogP contribution in [0.5, 0.6) is 0 Å². The van der Waals surface area contributed by atoms with Crippen molar-refractivity contribution in [3.05, 3.63) is 36.6 Å². The summed E-state index contributed by atoms with van der Waals surface area (Å²) in [4.78, 5) is 2.39. The number of hydrogen-bond donors (Lipinski definition) is 1. The zero-order valence-electron chi connectivity index (χ0n) is 10.9. The fraction of sp³-hybridized carbons (Fsp3) is 0.600. The van der Waals surface area contributed by atoms with Gasteiger partial charge in [-0.25, -0.2) is 0 Å². The summed E-state index contributed by atoms with van der Waals surface area (Å²) in [5.74, 6) is 2.55. The summed E-state index contributed by atoms with van der Waals surface area (Å²) in [6.07, 6.45) is 11.2. The number of rotatable bonds is 6. The van der Waals surface area contributed by atoms with Gasteiger partial charge in [0, 0.05) is 13.1 Å². The minimum Gasteiger partial charge on any atom is -0.478 e. The van der Waals surface area contributed by atoms with Crippen LogP contribution in [0.2, 0.25) is 0 Å². The van der Waals surface area contributed by atoms with Crippen molar-refractivity contribution in [1.82, 2.24) is 4.90 Å². The number of likely N-dealkylation sites (tertiary alicyclic amines) is 1. The van der Waals surface area contributed by atoms with Crippen molar-refractivity contribution in [1.29, 1.82) is 0 Å². The lowest BCUT2D eigenvalue weighted by Crippen LogP contribution is -2.24. The number of aliphatic hydroxyl groups is 1. The molecule has 2 aliphatic rings. The quantitative estimate of drug-likeness (QED) is 0.579. The van der Waals surface area contributed by atoms with Gasteiger partial charge in [0.05, 0.1) is 6.61 Å². The summed E-state index contributed by atoms with van der Waals surface area (Å²) in [5.41, 5.74) is 0. The topological polar surface area (TPSA) is 32.7 Å². The monoisotopic (exact) mass is 249 g/mol. The minimum atomic E-state index is 0.0334. The summed E-state index contributed by atoms with van der Waals surface area (Å²) in [6.45, 7) is 6.70. The summed E-state index contributed by atoms with van der Waals surface area (Å²) in [6, 6.07) is 0. The van der Waals surface area contributed by atoms with E-state index < -0.39 is 0 Å². The lowest BCUT2D eigenvalue weighted by Gasteiger charge is -2.17. The predicted molar refractivity (Wildman–Crippen MR) is 72.9 cm³/mol. The first-order valence-electron chi connectivity index (χ1n) is 6.78. The molecule has 0 spiro atoms. The first-order valence-corrected chi connectivity index (χ1v) is 6.78. The second-order valence-electron chi connectivity index (χ2n) is 5.15. The number of allylic oxidation sites excluding steroid dienone is 3. The maximum atomic E-state index is 8.77. The molecule has 18 heavy (non-hydrogen) atoms. The third-order valence-electron chi connectivity index (χ3n) is 3.89. The van der Waals surface area contributed by atoms with Crippen LogP contribution in [0.15, 0.2) is 36.6 Å². The molecule has 1 aliphatic heterocycles. The van der Waals surface area contributed by atoms with E-state index in [-0.39, 0.29) is 6.61 Å². The fourth-order valence-electron chi connectivity index (χ4n) is 3.04. The van der Waals surface area contributed by atoms with E-state index in [0.717, 1.165) is 17.6 Å². The standard InChI is InChI=1S/C15H23NO2/c1-2-5-15(8-4-9-17)18-12-16-10-13-6-3-7-14(13)11-16/h2,4-5,8,13-14,17H,1,3,6-7,9-12H2/b8-4-,15-5+/t13-,14+. The Bertz CT molecular complexity index is 323. The zero-order chi connectivity index (χ0) is 12.8. The number of hydrogen-bond acceptors (Lipinski definition) is 3. The van der Waals surface area contributed by atoms with Gasteiger partial charge in [-0.2, -0.15) is 0 Å². The van der Waals surface area contributed by atoms with Crippen molar-refractivity contribution in [2.45, 2.75) is 19.3 Å². The molecule has 2 fully saturated rings. The summed E-state index contributed by atoms with van der Waals surface area (Å²) < 4.78 is 5.75. The Hall–Kier alpha value is -1.06. The summed E-state index contributed by atoms with van der Waals surface area (Å²) >= 11 is 0. The van der Waals surface area contributed by atoms with Crippen LogP contribution in [0.4, 0.5) is 0 Å². The van der Waals surface area contributed by atoms with Crippen LogP contribution in [0.1, 0.15) is 19.3 Å². The van der Waals surface area contributed by atoms with E-state index in [9.17, 15) is 0 Å². The molecule has 1 N–H and O–H groups in total. The first-order chi connectivity index (χ1) is 8.83. The molecule has 0 unspecified atom stereocenters. The van der Waals surface area contributed by atoms with Gasteiger partial charge in [-0.1, -0.05) is 25.2 Å². The van der Waals surface area contributed by atoms with Gasteiger partial charge in [-0.15, -0.1) is 0 Å². The zero-order valence-corrected chi connectivity index (χ0v) is 10.9. The third kappa shape index (κ3) is 3.47. The van der Waals surface area contributed by atoms with Gasteiger partial charge in [0.1, 0.15) is 12.5 Å². The molecule has 0 aromatic heterocycles. The van der Waals surface area contributed by atoms with Gasteiger partial charge in [0.25, 0.3) is 0 Å². The molecular weight excluding hydrogens is 226 g/mol. The number of ether oxygens (including phenoxy) is 1. The highest BCUT2D eigenvalue weighted by Crippen LogP contribution is 2.37. The van der Waals surface area contributed by atoms with E-state index in [0.29, 0.717) is 6.73 Å². The van der Waals surface area contributed by atoms with Gasteiger partial charge in [0.15, 0.2) is 0 Å².